The van der Waals surface area contributed by atoms with Gasteiger partial charge in [0.25, 0.3) is 0 Å². The number of carbonyl (C=O) groups is 2. The Morgan fingerprint density at radius 1 is 1.00 bits per heavy atom. The lowest BCUT2D eigenvalue weighted by Crippen LogP contribution is -2.45. The van der Waals surface area contributed by atoms with Crippen molar-refractivity contribution in [2.75, 3.05) is 12.2 Å². The molecule has 0 heterocycles. The van der Waals surface area contributed by atoms with Gasteiger partial charge in [0.15, 0.2) is 0 Å². The second kappa shape index (κ2) is 11.5. The number of amides is 1. The van der Waals surface area contributed by atoms with Crippen LogP contribution < -0.4 is 10.1 Å². The van der Waals surface area contributed by atoms with Gasteiger partial charge >= 0.3 is 12.1 Å². The number of alkyl carbamates (subject to hydrolysis) is 1. The van der Waals surface area contributed by atoms with Gasteiger partial charge in [0, 0.05) is 6.42 Å². The highest BCUT2D eigenvalue weighted by Crippen LogP contribution is 2.16. The van der Waals surface area contributed by atoms with Crippen molar-refractivity contribution in [1.82, 2.24) is 5.32 Å². The summed E-state index contributed by atoms with van der Waals surface area (Å²) in [5.41, 5.74) is 1.07. The first-order valence-electron chi connectivity index (χ1n) is 9.67. The molecule has 7 heteroatoms. The first kappa shape index (κ1) is 23.6. The first-order valence-corrected chi connectivity index (χ1v) is 11.1. The molecule has 30 heavy (non-hydrogen) atoms. The maximum absolute atomic E-state index is 12.7. The Morgan fingerprint density at radius 2 is 1.67 bits per heavy atom. The molecule has 0 fully saturated rings. The van der Waals surface area contributed by atoms with Crippen LogP contribution in [0, 0.1) is 0 Å². The van der Waals surface area contributed by atoms with Crippen molar-refractivity contribution in [2.45, 2.75) is 45.4 Å². The molecular formula is C23H29NO5S. The lowest BCUT2D eigenvalue weighted by atomic mass is 10.1. The Bertz CT molecular complexity index is 803. The van der Waals surface area contributed by atoms with Gasteiger partial charge in [0.1, 0.15) is 29.9 Å². The van der Waals surface area contributed by atoms with Crippen LogP contribution in [0.25, 0.3) is 0 Å². The fourth-order valence-electron chi connectivity index (χ4n) is 2.56. The lowest BCUT2D eigenvalue weighted by Gasteiger charge is -2.23. The van der Waals surface area contributed by atoms with Crippen molar-refractivity contribution in [3.05, 3.63) is 65.7 Å². The molecular weight excluding hydrogens is 402 g/mol. The number of hydrogen-bond donors (Lipinski definition) is 1. The summed E-state index contributed by atoms with van der Waals surface area (Å²) in [6.07, 6.45) is 1.57. The van der Waals surface area contributed by atoms with Crippen LogP contribution in [-0.2, 0) is 27.3 Å². The van der Waals surface area contributed by atoms with Gasteiger partial charge in [-0.2, -0.15) is 0 Å². The number of nitrogens with one attached hydrogen (secondary N) is 1. The van der Waals surface area contributed by atoms with Crippen molar-refractivity contribution in [3.63, 3.8) is 0 Å². The van der Waals surface area contributed by atoms with E-state index in [9.17, 15) is 9.59 Å². The minimum absolute atomic E-state index is 0.133. The van der Waals surface area contributed by atoms with Crippen molar-refractivity contribution >= 4 is 23.8 Å². The van der Waals surface area contributed by atoms with Gasteiger partial charge in [-0.1, -0.05) is 42.5 Å². The Morgan fingerprint density at radius 3 is 2.27 bits per heavy atom. The average Bonchev–Trinajstić information content (AvgIpc) is 2.70. The largest absolute Gasteiger partial charge is 0.483 e. The fourth-order valence-corrected chi connectivity index (χ4v) is 2.81. The number of ether oxygens (including phenoxy) is 3. The van der Waals surface area contributed by atoms with Crippen LogP contribution in [0.15, 0.2) is 54.6 Å². The molecule has 0 bridgehead atoms. The predicted molar refractivity (Wildman–Crippen MR) is 119 cm³/mol. The summed E-state index contributed by atoms with van der Waals surface area (Å²) in [5.74, 6) is 0.789. The third-order valence-corrected chi connectivity index (χ3v) is 4.26. The molecule has 0 aliphatic heterocycles. The van der Waals surface area contributed by atoms with Crippen LogP contribution >= 0.6 is 11.8 Å². The number of carbonyl (C=O) groups excluding carboxylic acids is 2. The molecule has 0 spiro atoms. The number of thioether (sulfide) groups is 1. The van der Waals surface area contributed by atoms with Gasteiger partial charge in [-0.05, 0) is 50.3 Å². The van der Waals surface area contributed by atoms with Gasteiger partial charge in [-0.25, -0.2) is 9.59 Å². The van der Waals surface area contributed by atoms with Crippen LogP contribution in [0.3, 0.4) is 0 Å². The predicted octanol–water partition coefficient (Wildman–Crippen LogP) is 4.57. The van der Waals surface area contributed by atoms with E-state index in [-0.39, 0.29) is 13.0 Å². The minimum Gasteiger partial charge on any atom is -0.483 e. The summed E-state index contributed by atoms with van der Waals surface area (Å²) in [6.45, 7) is 5.43. The van der Waals surface area contributed by atoms with E-state index in [1.807, 2.05) is 60.9 Å². The molecule has 2 aromatic rings. The second-order valence-corrected chi connectivity index (χ2v) is 8.50. The molecule has 0 unspecified atom stereocenters. The number of rotatable bonds is 9. The molecule has 0 radical (unpaired) electrons. The quantitative estimate of drug-likeness (QED) is 0.463. The molecule has 0 saturated carbocycles. The van der Waals surface area contributed by atoms with Gasteiger partial charge in [-0.15, -0.1) is 11.8 Å². The fraction of sp³-hybridized carbons (Fsp3) is 0.391. The summed E-state index contributed by atoms with van der Waals surface area (Å²) < 4.78 is 16.3. The van der Waals surface area contributed by atoms with Crippen molar-refractivity contribution in [3.8, 4) is 5.75 Å². The molecule has 0 aliphatic rings. The highest BCUT2D eigenvalue weighted by molar-refractivity contribution is 7.98. The Kier molecular flexibility index (Phi) is 9.05. The van der Waals surface area contributed by atoms with E-state index in [0.717, 1.165) is 16.9 Å². The van der Waals surface area contributed by atoms with E-state index in [1.165, 1.54) is 0 Å². The summed E-state index contributed by atoms with van der Waals surface area (Å²) in [5, 5.41) is 2.64. The zero-order chi connectivity index (χ0) is 22.0. The third-order valence-electron chi connectivity index (χ3n) is 3.91. The third kappa shape index (κ3) is 8.78. The van der Waals surface area contributed by atoms with Crippen LogP contribution in [-0.4, -0.2) is 35.9 Å². The van der Waals surface area contributed by atoms with E-state index in [2.05, 4.69) is 5.32 Å². The van der Waals surface area contributed by atoms with Crippen LogP contribution in [0.4, 0.5) is 4.79 Å². The maximum atomic E-state index is 12.7. The minimum atomic E-state index is -0.874. The van der Waals surface area contributed by atoms with Gasteiger partial charge in [0.2, 0.25) is 0 Å². The van der Waals surface area contributed by atoms with E-state index in [1.54, 1.807) is 32.5 Å². The van der Waals surface area contributed by atoms with Crippen molar-refractivity contribution in [2.24, 2.45) is 0 Å². The van der Waals surface area contributed by atoms with Gasteiger partial charge < -0.3 is 19.5 Å². The Balaban J connectivity index is 2.05. The number of esters is 1. The molecule has 0 saturated heterocycles. The zero-order valence-corrected chi connectivity index (χ0v) is 18.7. The smallest absolute Gasteiger partial charge is 0.408 e. The highest BCUT2D eigenvalue weighted by Gasteiger charge is 2.26. The monoisotopic (exact) mass is 431 g/mol. The Labute approximate surface area is 182 Å². The summed E-state index contributed by atoms with van der Waals surface area (Å²) in [4.78, 5) is 25.0. The zero-order valence-electron chi connectivity index (χ0n) is 17.8. The normalized spacial score (nSPS) is 12.0. The molecule has 6 nitrogen and oxygen atoms in total. The molecule has 2 aromatic carbocycles. The molecule has 1 atom stereocenters. The van der Waals surface area contributed by atoms with E-state index >= 15 is 0 Å². The van der Waals surface area contributed by atoms with Crippen molar-refractivity contribution < 1.29 is 23.8 Å². The highest BCUT2D eigenvalue weighted by atomic mass is 32.2. The van der Waals surface area contributed by atoms with E-state index < -0.39 is 23.7 Å². The topological polar surface area (TPSA) is 73.9 Å². The number of benzene rings is 2. The maximum Gasteiger partial charge on any atom is 0.408 e. The standard InChI is InChI=1S/C23H29NO5S/c1-23(2,3)29-22(26)24-20(21(25)27-15-18-8-6-5-7-9-18)14-17-10-12-19(13-11-17)28-16-30-4/h5-13,20H,14-16H2,1-4H3,(H,24,26)/t20-/m1/s1. The van der Waals surface area contributed by atoms with Crippen LogP contribution in [0.1, 0.15) is 31.9 Å². The molecule has 0 aromatic heterocycles. The summed E-state index contributed by atoms with van der Waals surface area (Å²) >= 11 is 1.59. The summed E-state index contributed by atoms with van der Waals surface area (Å²) in [7, 11) is 0. The van der Waals surface area contributed by atoms with E-state index in [4.69, 9.17) is 14.2 Å². The van der Waals surface area contributed by atoms with Crippen LogP contribution in [0.5, 0.6) is 5.75 Å². The van der Waals surface area contributed by atoms with E-state index in [0.29, 0.717) is 5.94 Å². The molecule has 162 valence electrons. The molecule has 1 N–H and O–H groups in total. The summed E-state index contributed by atoms with van der Waals surface area (Å²) in [6, 6.07) is 15.9. The lowest BCUT2D eigenvalue weighted by molar-refractivity contribution is -0.147. The number of hydrogen-bond acceptors (Lipinski definition) is 6. The molecule has 0 aliphatic carbocycles. The average molecular weight is 432 g/mol. The van der Waals surface area contributed by atoms with Crippen molar-refractivity contribution in [1.29, 1.82) is 0 Å². The van der Waals surface area contributed by atoms with Crippen LogP contribution in [0.2, 0.25) is 0 Å². The van der Waals surface area contributed by atoms with Gasteiger partial charge in [0.05, 0.1) is 0 Å². The molecule has 1 amide bonds. The van der Waals surface area contributed by atoms with Gasteiger partial charge in [-0.3, -0.25) is 0 Å². The SMILES string of the molecule is CSCOc1ccc(C[C@@H](NC(=O)OC(C)(C)C)C(=O)OCc2ccccc2)cc1. The first-order chi connectivity index (χ1) is 14.3. The molecule has 2 rings (SSSR count). The Hall–Kier alpha value is -2.67. The second-order valence-electron chi connectivity index (χ2n) is 7.69.